The molecule has 7 heteroatoms. The second-order valence-electron chi connectivity index (χ2n) is 3.91. The number of ether oxygens (including phenoxy) is 1. The molecule has 104 valence electrons. The van der Waals surface area contributed by atoms with E-state index in [0.29, 0.717) is 12.1 Å². The van der Waals surface area contributed by atoms with Gasteiger partial charge in [0.15, 0.2) is 11.6 Å². The molecule has 2 aromatic rings. The molecule has 0 fully saturated rings. The quantitative estimate of drug-likeness (QED) is 0.617. The third-order valence-corrected chi connectivity index (χ3v) is 3.03. The first-order chi connectivity index (χ1) is 9.47. The second-order valence-corrected chi connectivity index (χ2v) is 4.82. The van der Waals surface area contributed by atoms with E-state index in [1.807, 2.05) is 0 Å². The van der Waals surface area contributed by atoms with Crippen molar-refractivity contribution in [1.29, 1.82) is 0 Å². The molecule has 2 rings (SSSR count). The van der Waals surface area contributed by atoms with Crippen molar-refractivity contribution in [3.05, 3.63) is 68.2 Å². The molecular formula is C13H8BrF2NO3. The molecule has 0 saturated carbocycles. The van der Waals surface area contributed by atoms with Crippen LogP contribution < -0.4 is 4.74 Å². The summed E-state index contributed by atoms with van der Waals surface area (Å²) < 4.78 is 32.9. The molecule has 0 bridgehead atoms. The maximum absolute atomic E-state index is 13.6. The average molecular weight is 344 g/mol. The van der Waals surface area contributed by atoms with Gasteiger partial charge in [-0.3, -0.25) is 10.1 Å². The molecule has 0 aliphatic heterocycles. The van der Waals surface area contributed by atoms with Crippen LogP contribution in [0.3, 0.4) is 0 Å². The van der Waals surface area contributed by atoms with Crippen molar-refractivity contribution < 1.29 is 18.4 Å². The number of hydrogen-bond acceptors (Lipinski definition) is 3. The van der Waals surface area contributed by atoms with Gasteiger partial charge in [-0.15, -0.1) is 0 Å². The number of benzene rings is 2. The zero-order chi connectivity index (χ0) is 14.7. The zero-order valence-electron chi connectivity index (χ0n) is 9.98. The van der Waals surface area contributed by atoms with Crippen LogP contribution in [0.5, 0.6) is 5.75 Å². The highest BCUT2D eigenvalue weighted by Crippen LogP contribution is 2.27. The normalized spacial score (nSPS) is 10.3. The molecule has 0 N–H and O–H groups in total. The number of nitrogens with zero attached hydrogens (tertiary/aromatic N) is 1. The van der Waals surface area contributed by atoms with Crippen LogP contribution in [-0.4, -0.2) is 4.92 Å². The minimum Gasteiger partial charge on any atom is -0.486 e. The number of halogens is 3. The van der Waals surface area contributed by atoms with Gasteiger partial charge in [-0.1, -0.05) is 28.1 Å². The Morgan fingerprint density at radius 1 is 1.15 bits per heavy atom. The maximum Gasteiger partial charge on any atom is 0.307 e. The maximum atomic E-state index is 13.6. The average Bonchev–Trinajstić information content (AvgIpc) is 2.41. The lowest BCUT2D eigenvalue weighted by Crippen LogP contribution is -2.00. The summed E-state index contributed by atoms with van der Waals surface area (Å²) >= 11 is 3.27. The van der Waals surface area contributed by atoms with Crippen LogP contribution in [0, 0.1) is 21.7 Å². The number of rotatable bonds is 4. The van der Waals surface area contributed by atoms with Crippen LogP contribution in [0.4, 0.5) is 14.5 Å². The van der Waals surface area contributed by atoms with E-state index in [-0.39, 0.29) is 12.4 Å². The third-order valence-electron chi connectivity index (χ3n) is 2.51. The fourth-order valence-electron chi connectivity index (χ4n) is 1.51. The lowest BCUT2D eigenvalue weighted by molar-refractivity contribution is -0.387. The van der Waals surface area contributed by atoms with Gasteiger partial charge in [0, 0.05) is 10.5 Å². The number of nitro benzene ring substituents is 1. The molecule has 0 spiro atoms. The smallest absolute Gasteiger partial charge is 0.307 e. The minimum atomic E-state index is -1.14. The summed E-state index contributed by atoms with van der Waals surface area (Å²) in [7, 11) is 0. The molecule has 0 aliphatic carbocycles. The lowest BCUT2D eigenvalue weighted by Gasteiger charge is -2.07. The fraction of sp³-hybridized carbons (Fsp3) is 0.0769. The summed E-state index contributed by atoms with van der Waals surface area (Å²) in [6, 6.07) is 8.25. The van der Waals surface area contributed by atoms with Gasteiger partial charge in [0.1, 0.15) is 6.61 Å². The van der Waals surface area contributed by atoms with Crippen molar-refractivity contribution >= 4 is 21.6 Å². The summed E-state index contributed by atoms with van der Waals surface area (Å²) in [5.41, 5.74) is -0.162. The van der Waals surface area contributed by atoms with Crippen LogP contribution in [0.15, 0.2) is 40.9 Å². The monoisotopic (exact) mass is 343 g/mol. The van der Waals surface area contributed by atoms with E-state index < -0.39 is 22.2 Å². The summed E-state index contributed by atoms with van der Waals surface area (Å²) in [4.78, 5) is 9.46. The molecule has 0 aromatic heterocycles. The van der Waals surface area contributed by atoms with Crippen molar-refractivity contribution in [3.8, 4) is 5.75 Å². The van der Waals surface area contributed by atoms with Gasteiger partial charge < -0.3 is 4.74 Å². The van der Waals surface area contributed by atoms with E-state index in [9.17, 15) is 18.9 Å². The molecule has 0 atom stereocenters. The predicted octanol–water partition coefficient (Wildman–Crippen LogP) is 4.21. The van der Waals surface area contributed by atoms with Crippen LogP contribution in [0.1, 0.15) is 5.56 Å². The Bertz CT molecular complexity index is 647. The van der Waals surface area contributed by atoms with Crippen molar-refractivity contribution in [3.63, 3.8) is 0 Å². The van der Waals surface area contributed by atoms with Crippen molar-refractivity contribution in [2.24, 2.45) is 0 Å². The molecule has 0 amide bonds. The molecule has 0 heterocycles. The Labute approximate surface area is 121 Å². The molecule has 4 nitrogen and oxygen atoms in total. The van der Waals surface area contributed by atoms with Crippen molar-refractivity contribution in [1.82, 2.24) is 0 Å². The number of nitro groups is 1. The highest BCUT2D eigenvalue weighted by molar-refractivity contribution is 9.10. The van der Waals surface area contributed by atoms with E-state index in [0.717, 1.165) is 10.0 Å². The highest BCUT2D eigenvalue weighted by Gasteiger charge is 2.19. The molecule has 0 saturated heterocycles. The van der Waals surface area contributed by atoms with Crippen LogP contribution in [0.2, 0.25) is 0 Å². The van der Waals surface area contributed by atoms with Gasteiger partial charge in [0.2, 0.25) is 5.82 Å². The molecule has 20 heavy (non-hydrogen) atoms. The first-order valence-electron chi connectivity index (χ1n) is 5.48. The van der Waals surface area contributed by atoms with Crippen LogP contribution >= 0.6 is 15.9 Å². The predicted molar refractivity (Wildman–Crippen MR) is 71.5 cm³/mol. The van der Waals surface area contributed by atoms with E-state index in [1.165, 1.54) is 0 Å². The third kappa shape index (κ3) is 3.30. The largest absolute Gasteiger partial charge is 0.486 e. The lowest BCUT2D eigenvalue weighted by atomic mass is 10.2. The van der Waals surface area contributed by atoms with Gasteiger partial charge in [-0.25, -0.2) is 4.39 Å². The topological polar surface area (TPSA) is 52.4 Å². The highest BCUT2D eigenvalue weighted by atomic mass is 79.9. The fourth-order valence-corrected chi connectivity index (χ4v) is 1.77. The number of hydrogen-bond donors (Lipinski definition) is 0. The molecule has 0 radical (unpaired) electrons. The Balaban J connectivity index is 2.16. The standard InChI is InChI=1S/C13H8BrF2NO3/c14-9-3-1-8(2-4-9)7-20-13-6-10(15)12(17(18)19)5-11(13)16/h1-6H,7H2. The van der Waals surface area contributed by atoms with E-state index in [4.69, 9.17) is 4.74 Å². The SMILES string of the molecule is O=[N+]([O-])c1cc(F)c(OCc2ccc(Br)cc2)cc1F. The Kier molecular flexibility index (Phi) is 4.29. The van der Waals surface area contributed by atoms with Gasteiger partial charge in [-0.05, 0) is 17.7 Å². The van der Waals surface area contributed by atoms with Crippen molar-refractivity contribution in [2.75, 3.05) is 0 Å². The van der Waals surface area contributed by atoms with Crippen LogP contribution in [0.25, 0.3) is 0 Å². The van der Waals surface area contributed by atoms with Crippen LogP contribution in [-0.2, 0) is 6.61 Å². The van der Waals surface area contributed by atoms with Gasteiger partial charge in [0.05, 0.1) is 11.0 Å². The first kappa shape index (κ1) is 14.4. The van der Waals surface area contributed by atoms with Gasteiger partial charge in [0.25, 0.3) is 0 Å². The second kappa shape index (κ2) is 5.96. The Morgan fingerprint density at radius 2 is 1.80 bits per heavy atom. The van der Waals surface area contributed by atoms with Crippen molar-refractivity contribution in [2.45, 2.75) is 6.61 Å². The minimum absolute atomic E-state index is 0.0292. The summed E-state index contributed by atoms with van der Waals surface area (Å²) in [6.45, 7) is 0.0292. The van der Waals surface area contributed by atoms with E-state index >= 15 is 0 Å². The summed E-state index contributed by atoms with van der Waals surface area (Å²) in [6.07, 6.45) is 0. The zero-order valence-corrected chi connectivity index (χ0v) is 11.6. The molecular weight excluding hydrogens is 336 g/mol. The van der Waals surface area contributed by atoms with Gasteiger partial charge >= 0.3 is 5.69 Å². The van der Waals surface area contributed by atoms with E-state index in [1.54, 1.807) is 24.3 Å². The molecule has 0 aliphatic rings. The Hall–Kier alpha value is -2.02. The van der Waals surface area contributed by atoms with Gasteiger partial charge in [-0.2, -0.15) is 4.39 Å². The molecule has 2 aromatic carbocycles. The first-order valence-corrected chi connectivity index (χ1v) is 6.27. The Morgan fingerprint density at radius 3 is 2.40 bits per heavy atom. The van der Waals surface area contributed by atoms with E-state index in [2.05, 4.69) is 15.9 Å². The molecule has 0 unspecified atom stereocenters. The summed E-state index contributed by atoms with van der Waals surface area (Å²) in [5, 5.41) is 10.5. The summed E-state index contributed by atoms with van der Waals surface area (Å²) in [5.74, 6) is -2.48.